The van der Waals surface area contributed by atoms with Crippen molar-refractivity contribution in [3.8, 4) is 0 Å². The van der Waals surface area contributed by atoms with Gasteiger partial charge in [0.15, 0.2) is 5.13 Å². The van der Waals surface area contributed by atoms with Gasteiger partial charge in [-0.1, -0.05) is 18.2 Å². The molecular weight excluding hydrogens is 659 g/mol. The summed E-state index contributed by atoms with van der Waals surface area (Å²) in [6, 6.07) is -0.844. The molecule has 5 rings (SSSR count). The molecule has 19 heteroatoms. The van der Waals surface area contributed by atoms with Crippen LogP contribution in [0.4, 0.5) is 9.93 Å². The second-order valence-electron chi connectivity index (χ2n) is 11.3. The number of nitrogens with one attached hydrogen (secondary N) is 1. The number of fused-ring (bicyclic) bond motifs is 1. The molecule has 3 N–H and O–H groups in total. The Balaban J connectivity index is 1.27. The molecule has 2 amide bonds. The number of hydrogen-bond donors (Lipinski definition) is 2. The molecule has 46 heavy (non-hydrogen) atoms. The highest BCUT2D eigenvalue weighted by Crippen LogP contribution is 2.42. The van der Waals surface area contributed by atoms with E-state index in [0.717, 1.165) is 38.6 Å². The second-order valence-corrected chi connectivity index (χ2v) is 14.2. The molecule has 0 bridgehead atoms. The van der Waals surface area contributed by atoms with Crippen molar-refractivity contribution in [1.82, 2.24) is 40.3 Å². The lowest BCUT2D eigenvalue weighted by molar-refractivity contribution is -0.170. The van der Waals surface area contributed by atoms with Crippen LogP contribution in [0.15, 0.2) is 21.8 Å². The number of ether oxygens (including phenoxy) is 3. The van der Waals surface area contributed by atoms with E-state index in [1.807, 2.05) is 19.0 Å². The number of hydrogen-bond acceptors (Lipinski definition) is 16. The molecule has 3 atom stereocenters. The van der Waals surface area contributed by atoms with Gasteiger partial charge in [-0.2, -0.15) is 0 Å². The number of thiazole rings is 1. The van der Waals surface area contributed by atoms with E-state index >= 15 is 0 Å². The van der Waals surface area contributed by atoms with Gasteiger partial charge in [0, 0.05) is 30.4 Å². The van der Waals surface area contributed by atoms with Crippen LogP contribution in [0.2, 0.25) is 0 Å². The van der Waals surface area contributed by atoms with Crippen molar-refractivity contribution < 1.29 is 33.4 Å². The topological polar surface area (TPSA) is 197 Å². The van der Waals surface area contributed by atoms with Crippen LogP contribution >= 0.6 is 34.9 Å². The zero-order chi connectivity index (χ0) is 32.8. The lowest BCUT2D eigenvalue weighted by Crippen LogP contribution is -2.70. The van der Waals surface area contributed by atoms with Crippen molar-refractivity contribution >= 4 is 63.9 Å². The fourth-order valence-electron chi connectivity index (χ4n) is 5.18. The third-order valence-electron chi connectivity index (χ3n) is 7.45. The highest BCUT2D eigenvalue weighted by atomic mass is 32.2. The first-order valence-electron chi connectivity index (χ1n) is 14.9. The molecule has 3 aliphatic rings. The van der Waals surface area contributed by atoms with Crippen LogP contribution in [0, 0.1) is 0 Å². The molecule has 2 aromatic heterocycles. The third-order valence-corrected chi connectivity index (χ3v) is 10.6. The highest BCUT2D eigenvalue weighted by molar-refractivity contribution is 8.01. The number of nitrogen functional groups attached to an aromatic ring is 1. The Morgan fingerprint density at radius 2 is 2.00 bits per heavy atom. The van der Waals surface area contributed by atoms with Gasteiger partial charge in [0.05, 0.1) is 18.7 Å². The molecule has 0 aromatic carbocycles. The van der Waals surface area contributed by atoms with Gasteiger partial charge in [-0.15, -0.1) is 28.2 Å². The summed E-state index contributed by atoms with van der Waals surface area (Å²) in [5.41, 5.74) is 6.83. The number of rotatable bonds is 13. The normalized spacial score (nSPS) is 20.6. The Bertz CT molecular complexity index is 1460. The number of anilines is 1. The van der Waals surface area contributed by atoms with Crippen LogP contribution in [-0.2, 0) is 41.6 Å². The number of amides is 2. The molecule has 1 saturated heterocycles. The van der Waals surface area contributed by atoms with Crippen molar-refractivity contribution in [2.75, 3.05) is 37.9 Å². The quantitative estimate of drug-likeness (QED) is 0.133. The van der Waals surface area contributed by atoms with Gasteiger partial charge in [-0.05, 0) is 55.8 Å². The standard InChI is InChI=1S/C27H37N9O7S3/c1-15(42-27(40)43-18-7-5-4-6-8-18)41-24(39)21-16(13-46-26-31-32-33-35(26)10-9-34(2)3)12-44-23-20(22(38)36(21)23)30-19(37)11-17-14-45-25(28)29-17/h14-15,18,20,23H,4-13H2,1-3H3,(H2,28,29)(H,30,37)/t15?,20-,23?/m1/s1. The number of β-lactam (4-membered cyclic amide) rings is 1. The molecule has 1 aliphatic carbocycles. The Morgan fingerprint density at radius 1 is 1.22 bits per heavy atom. The van der Waals surface area contributed by atoms with Gasteiger partial charge in [0.2, 0.25) is 17.4 Å². The SMILES string of the molecule is CC(OC(=O)OC1CCCCC1)OC(=O)C1=C(CSc2nnnn2CCN(C)C)CSC2[C@H](NC(=O)Cc3csc(N)n3)C(=O)N12. The van der Waals surface area contributed by atoms with Crippen molar-refractivity contribution in [2.24, 2.45) is 0 Å². The smallest absolute Gasteiger partial charge is 0.431 e. The van der Waals surface area contributed by atoms with Crippen molar-refractivity contribution in [3.05, 3.63) is 22.3 Å². The molecule has 2 fully saturated rings. The molecule has 0 radical (unpaired) electrons. The van der Waals surface area contributed by atoms with Crippen LogP contribution < -0.4 is 11.1 Å². The number of aromatic nitrogens is 5. The summed E-state index contributed by atoms with van der Waals surface area (Å²) in [6.07, 6.45) is 2.14. The molecule has 2 aliphatic heterocycles. The summed E-state index contributed by atoms with van der Waals surface area (Å²) in [7, 11) is 3.90. The predicted molar refractivity (Wildman–Crippen MR) is 169 cm³/mol. The fraction of sp³-hybridized carbons (Fsp3) is 0.630. The number of carbonyl (C=O) groups is 4. The van der Waals surface area contributed by atoms with Crippen LogP contribution in [0.5, 0.6) is 0 Å². The van der Waals surface area contributed by atoms with Crippen molar-refractivity contribution in [1.29, 1.82) is 0 Å². The lowest BCUT2D eigenvalue weighted by Gasteiger charge is -2.49. The second kappa shape index (κ2) is 15.4. The van der Waals surface area contributed by atoms with Crippen molar-refractivity contribution in [3.63, 3.8) is 0 Å². The molecule has 2 aromatic rings. The lowest BCUT2D eigenvalue weighted by atomic mass is 9.98. The van der Waals surface area contributed by atoms with E-state index in [9.17, 15) is 19.2 Å². The van der Waals surface area contributed by atoms with Gasteiger partial charge in [0.25, 0.3) is 5.91 Å². The van der Waals surface area contributed by atoms with E-state index in [4.69, 9.17) is 19.9 Å². The molecular formula is C27H37N9O7S3. The maximum atomic E-state index is 13.6. The molecule has 4 heterocycles. The average molecular weight is 696 g/mol. The maximum absolute atomic E-state index is 13.6. The summed E-state index contributed by atoms with van der Waals surface area (Å²) >= 11 is 3.97. The minimum atomic E-state index is -1.27. The maximum Gasteiger partial charge on any atom is 0.511 e. The number of thioether (sulfide) groups is 2. The van der Waals surface area contributed by atoms with Gasteiger partial charge in [-0.3, -0.25) is 14.5 Å². The molecule has 1 saturated carbocycles. The third kappa shape index (κ3) is 8.48. The van der Waals surface area contributed by atoms with Gasteiger partial charge in [0.1, 0.15) is 23.2 Å². The van der Waals surface area contributed by atoms with Crippen LogP contribution in [0.25, 0.3) is 0 Å². The van der Waals surface area contributed by atoms with E-state index in [-0.39, 0.29) is 29.9 Å². The van der Waals surface area contributed by atoms with E-state index in [2.05, 4.69) is 25.8 Å². The van der Waals surface area contributed by atoms with Gasteiger partial charge in [-0.25, -0.2) is 19.3 Å². The van der Waals surface area contributed by atoms with Crippen LogP contribution in [0.1, 0.15) is 44.7 Å². The number of esters is 1. The van der Waals surface area contributed by atoms with Gasteiger partial charge >= 0.3 is 12.1 Å². The zero-order valence-corrected chi connectivity index (χ0v) is 28.2. The van der Waals surface area contributed by atoms with E-state index in [1.54, 1.807) is 10.1 Å². The summed E-state index contributed by atoms with van der Waals surface area (Å²) in [5.74, 6) is -1.01. The Morgan fingerprint density at radius 3 is 2.72 bits per heavy atom. The largest absolute Gasteiger partial charge is 0.511 e. The highest BCUT2D eigenvalue weighted by Gasteiger charge is 2.54. The monoisotopic (exact) mass is 695 g/mol. The minimum absolute atomic E-state index is 0.0319. The summed E-state index contributed by atoms with van der Waals surface area (Å²) in [4.78, 5) is 59.6. The predicted octanol–water partition coefficient (Wildman–Crippen LogP) is 1.64. The van der Waals surface area contributed by atoms with Crippen LogP contribution in [-0.4, -0.2) is 115 Å². The van der Waals surface area contributed by atoms with Crippen molar-refractivity contribution in [2.45, 2.75) is 81.0 Å². The first-order chi connectivity index (χ1) is 22.1. The average Bonchev–Trinajstić information content (AvgIpc) is 3.65. The number of carbonyl (C=O) groups excluding carboxylic acids is 4. The van der Waals surface area contributed by atoms with E-state index in [1.165, 1.54) is 46.7 Å². The Hall–Kier alpha value is -3.42. The fourth-order valence-corrected chi connectivity index (χ4v) is 8.13. The first kappa shape index (κ1) is 33.9. The van der Waals surface area contributed by atoms with Crippen LogP contribution in [0.3, 0.4) is 0 Å². The summed E-state index contributed by atoms with van der Waals surface area (Å²) in [5, 5.41) is 16.8. The summed E-state index contributed by atoms with van der Waals surface area (Å²) < 4.78 is 17.8. The summed E-state index contributed by atoms with van der Waals surface area (Å²) in [6.45, 7) is 2.70. The van der Waals surface area contributed by atoms with Gasteiger partial charge < -0.3 is 30.2 Å². The molecule has 2 unspecified atom stereocenters. The Labute approximate surface area is 278 Å². The molecule has 0 spiro atoms. The minimum Gasteiger partial charge on any atom is -0.431 e. The van der Waals surface area contributed by atoms with E-state index < -0.39 is 35.7 Å². The number of nitrogens with zero attached hydrogens (tertiary/aromatic N) is 7. The number of tetrazole rings is 1. The number of likely N-dealkylation sites (N-methyl/N-ethyl adjacent to an activating group) is 1. The molecule has 16 nitrogen and oxygen atoms in total. The first-order valence-corrected chi connectivity index (χ1v) is 17.8. The number of nitrogens with two attached hydrogens (primary N) is 1. The molecule has 250 valence electrons. The Kier molecular flexibility index (Phi) is 11.4. The van der Waals surface area contributed by atoms with E-state index in [0.29, 0.717) is 33.9 Å². The zero-order valence-electron chi connectivity index (χ0n) is 25.7.